The number of imidazole rings is 1. The number of hydrogen-bond donors (Lipinski definition) is 1. The van der Waals surface area contributed by atoms with E-state index in [4.69, 9.17) is 17.3 Å². The van der Waals surface area contributed by atoms with Gasteiger partial charge in [0.15, 0.2) is 11.5 Å². The SMILES string of the molecule is Cc1nn(C)c(Cl)c1Cn1cnc2c(N)ncnc21. The topological polar surface area (TPSA) is 87.4 Å². The number of rotatable bonds is 2. The van der Waals surface area contributed by atoms with Crippen LogP contribution >= 0.6 is 11.6 Å². The van der Waals surface area contributed by atoms with Crippen molar-refractivity contribution < 1.29 is 0 Å². The minimum Gasteiger partial charge on any atom is -0.382 e. The Morgan fingerprint density at radius 3 is 2.79 bits per heavy atom. The molecule has 19 heavy (non-hydrogen) atoms. The van der Waals surface area contributed by atoms with Crippen LogP contribution in [0.3, 0.4) is 0 Å². The van der Waals surface area contributed by atoms with Gasteiger partial charge in [0.25, 0.3) is 0 Å². The van der Waals surface area contributed by atoms with Gasteiger partial charge < -0.3 is 10.3 Å². The van der Waals surface area contributed by atoms with Gasteiger partial charge in [-0.05, 0) is 6.92 Å². The lowest BCUT2D eigenvalue weighted by atomic mass is 10.2. The van der Waals surface area contributed by atoms with Crippen molar-refractivity contribution in [2.75, 3.05) is 5.73 Å². The number of halogens is 1. The molecule has 0 saturated carbocycles. The zero-order chi connectivity index (χ0) is 13.6. The lowest BCUT2D eigenvalue weighted by molar-refractivity contribution is 0.756. The van der Waals surface area contributed by atoms with E-state index in [-0.39, 0.29) is 0 Å². The van der Waals surface area contributed by atoms with Gasteiger partial charge in [0.05, 0.1) is 18.6 Å². The first-order chi connectivity index (χ1) is 9.08. The molecule has 0 aliphatic carbocycles. The molecule has 3 rings (SSSR count). The highest BCUT2D eigenvalue weighted by atomic mass is 35.5. The molecular weight excluding hydrogens is 266 g/mol. The molecule has 0 aromatic carbocycles. The van der Waals surface area contributed by atoms with Gasteiger partial charge in [0.1, 0.15) is 17.0 Å². The maximum absolute atomic E-state index is 6.22. The summed E-state index contributed by atoms with van der Waals surface area (Å²) in [7, 11) is 1.81. The average Bonchev–Trinajstić information content (AvgIpc) is 2.88. The normalized spacial score (nSPS) is 11.3. The third-order valence-corrected chi connectivity index (χ3v) is 3.50. The zero-order valence-electron chi connectivity index (χ0n) is 10.5. The average molecular weight is 278 g/mol. The van der Waals surface area contributed by atoms with Gasteiger partial charge in [-0.2, -0.15) is 5.10 Å². The zero-order valence-corrected chi connectivity index (χ0v) is 11.3. The molecule has 0 aliphatic heterocycles. The van der Waals surface area contributed by atoms with Gasteiger partial charge in [-0.3, -0.25) is 4.68 Å². The van der Waals surface area contributed by atoms with Crippen LogP contribution < -0.4 is 5.73 Å². The summed E-state index contributed by atoms with van der Waals surface area (Å²) < 4.78 is 3.53. The first-order valence-electron chi connectivity index (χ1n) is 5.67. The smallest absolute Gasteiger partial charge is 0.165 e. The van der Waals surface area contributed by atoms with Crippen LogP contribution in [0.5, 0.6) is 0 Å². The maximum Gasteiger partial charge on any atom is 0.165 e. The molecule has 0 aliphatic rings. The van der Waals surface area contributed by atoms with Crippen molar-refractivity contribution in [1.29, 1.82) is 0 Å². The van der Waals surface area contributed by atoms with Gasteiger partial charge >= 0.3 is 0 Å². The maximum atomic E-state index is 6.22. The third kappa shape index (κ3) is 1.82. The monoisotopic (exact) mass is 277 g/mol. The molecule has 3 heterocycles. The van der Waals surface area contributed by atoms with Gasteiger partial charge in [0.2, 0.25) is 0 Å². The predicted octanol–water partition coefficient (Wildman–Crippen LogP) is 1.15. The Morgan fingerprint density at radius 2 is 2.11 bits per heavy atom. The summed E-state index contributed by atoms with van der Waals surface area (Å²) in [6.07, 6.45) is 3.10. The first kappa shape index (κ1) is 11.9. The van der Waals surface area contributed by atoms with Crippen molar-refractivity contribution in [3.8, 4) is 0 Å². The number of nitrogens with two attached hydrogens (primary N) is 1. The van der Waals surface area contributed by atoms with Crippen LogP contribution in [0.25, 0.3) is 11.2 Å². The van der Waals surface area contributed by atoms with E-state index in [1.807, 2.05) is 18.5 Å². The van der Waals surface area contributed by atoms with Gasteiger partial charge in [-0.15, -0.1) is 0 Å². The molecule has 2 N–H and O–H groups in total. The van der Waals surface area contributed by atoms with E-state index in [1.165, 1.54) is 6.33 Å². The predicted molar refractivity (Wildman–Crippen MR) is 71.8 cm³/mol. The molecule has 0 radical (unpaired) electrons. The number of anilines is 1. The fourth-order valence-electron chi connectivity index (χ4n) is 2.04. The van der Waals surface area contributed by atoms with E-state index in [0.29, 0.717) is 28.7 Å². The number of nitrogens with zero attached hydrogens (tertiary/aromatic N) is 6. The van der Waals surface area contributed by atoms with Crippen molar-refractivity contribution in [2.24, 2.45) is 7.05 Å². The molecule has 0 spiro atoms. The molecule has 7 nitrogen and oxygen atoms in total. The second-order valence-corrected chi connectivity index (χ2v) is 4.64. The fourth-order valence-corrected chi connectivity index (χ4v) is 2.27. The van der Waals surface area contributed by atoms with Crippen LogP contribution in [-0.2, 0) is 13.6 Å². The number of aryl methyl sites for hydroxylation is 2. The third-order valence-electron chi connectivity index (χ3n) is 3.03. The Hall–Kier alpha value is -2.15. The minimum atomic E-state index is 0.373. The summed E-state index contributed by atoms with van der Waals surface area (Å²) in [5.74, 6) is 0.373. The van der Waals surface area contributed by atoms with Crippen LogP contribution in [-0.4, -0.2) is 29.3 Å². The lowest BCUT2D eigenvalue weighted by Crippen LogP contribution is -2.01. The highest BCUT2D eigenvalue weighted by Crippen LogP contribution is 2.22. The molecule has 0 saturated heterocycles. The van der Waals surface area contributed by atoms with Crippen molar-refractivity contribution in [3.63, 3.8) is 0 Å². The molecular formula is C11H12ClN7. The molecule has 0 atom stereocenters. The van der Waals surface area contributed by atoms with Gasteiger partial charge in [-0.1, -0.05) is 11.6 Å². The highest BCUT2D eigenvalue weighted by molar-refractivity contribution is 6.30. The standard InChI is InChI=1S/C11H12ClN7/c1-6-7(9(12)18(2)17-6)3-19-5-16-8-10(13)14-4-15-11(8)19/h4-5H,3H2,1-2H3,(H2,13,14,15). The second kappa shape index (κ2) is 4.20. The Balaban J connectivity index is 2.09. The Labute approximate surface area is 114 Å². The van der Waals surface area contributed by atoms with Crippen LogP contribution in [0.15, 0.2) is 12.7 Å². The van der Waals surface area contributed by atoms with Gasteiger partial charge in [0, 0.05) is 12.6 Å². The Morgan fingerprint density at radius 1 is 1.32 bits per heavy atom. The molecule has 98 valence electrons. The van der Waals surface area contributed by atoms with E-state index in [0.717, 1.165) is 11.3 Å². The Kier molecular flexibility index (Phi) is 2.63. The van der Waals surface area contributed by atoms with Crippen molar-refractivity contribution in [1.82, 2.24) is 29.3 Å². The number of hydrogen-bond acceptors (Lipinski definition) is 5. The largest absolute Gasteiger partial charge is 0.382 e. The minimum absolute atomic E-state index is 0.373. The summed E-state index contributed by atoms with van der Waals surface area (Å²) in [4.78, 5) is 12.3. The summed E-state index contributed by atoms with van der Waals surface area (Å²) in [5, 5.41) is 4.89. The van der Waals surface area contributed by atoms with E-state index in [2.05, 4.69) is 20.1 Å². The van der Waals surface area contributed by atoms with Crippen LogP contribution in [0.4, 0.5) is 5.82 Å². The fraction of sp³-hybridized carbons (Fsp3) is 0.273. The molecule has 3 aromatic heterocycles. The molecule has 3 aromatic rings. The molecule has 0 unspecified atom stereocenters. The first-order valence-corrected chi connectivity index (χ1v) is 6.05. The molecule has 0 amide bonds. The van der Waals surface area contributed by atoms with Crippen LogP contribution in [0, 0.1) is 6.92 Å². The molecule has 8 heteroatoms. The van der Waals surface area contributed by atoms with E-state index in [1.54, 1.807) is 11.0 Å². The summed E-state index contributed by atoms with van der Waals surface area (Å²) in [6, 6.07) is 0. The summed E-state index contributed by atoms with van der Waals surface area (Å²) >= 11 is 6.22. The van der Waals surface area contributed by atoms with Crippen molar-refractivity contribution >= 4 is 28.6 Å². The lowest BCUT2D eigenvalue weighted by Gasteiger charge is -2.03. The van der Waals surface area contributed by atoms with Crippen molar-refractivity contribution in [2.45, 2.75) is 13.5 Å². The van der Waals surface area contributed by atoms with E-state index < -0.39 is 0 Å². The number of nitrogen functional groups attached to an aromatic ring is 1. The summed E-state index contributed by atoms with van der Waals surface area (Å²) in [5.41, 5.74) is 8.87. The van der Waals surface area contributed by atoms with E-state index in [9.17, 15) is 0 Å². The van der Waals surface area contributed by atoms with Crippen LogP contribution in [0.2, 0.25) is 5.15 Å². The molecule has 0 fully saturated rings. The van der Waals surface area contributed by atoms with Gasteiger partial charge in [-0.25, -0.2) is 15.0 Å². The number of fused-ring (bicyclic) bond motifs is 1. The quantitative estimate of drug-likeness (QED) is 0.759. The summed E-state index contributed by atoms with van der Waals surface area (Å²) in [6.45, 7) is 2.47. The molecule has 0 bridgehead atoms. The number of aromatic nitrogens is 6. The van der Waals surface area contributed by atoms with Crippen molar-refractivity contribution in [3.05, 3.63) is 29.1 Å². The highest BCUT2D eigenvalue weighted by Gasteiger charge is 2.14. The second-order valence-electron chi connectivity index (χ2n) is 4.28. The van der Waals surface area contributed by atoms with E-state index >= 15 is 0 Å². The Bertz CT molecular complexity index is 758. The van der Waals surface area contributed by atoms with Crippen LogP contribution in [0.1, 0.15) is 11.3 Å².